The lowest BCUT2D eigenvalue weighted by Crippen LogP contribution is -2.07. The number of nitrogens with zero attached hydrogens (tertiary/aromatic N) is 6. The van der Waals surface area contributed by atoms with Gasteiger partial charge in [-0.1, -0.05) is 11.3 Å². The van der Waals surface area contributed by atoms with Crippen LogP contribution in [0.5, 0.6) is 0 Å². The molecule has 4 aromatic rings. The number of fused-ring (bicyclic) bond motifs is 2. The van der Waals surface area contributed by atoms with Crippen molar-refractivity contribution in [3.8, 4) is 0 Å². The van der Waals surface area contributed by atoms with Gasteiger partial charge in [0.2, 0.25) is 4.96 Å². The van der Waals surface area contributed by atoms with Crippen LogP contribution in [0.15, 0.2) is 18.9 Å². The minimum Gasteiger partial charge on any atom is -0.368 e. The van der Waals surface area contributed by atoms with E-state index >= 15 is 0 Å². The number of aromatic nitrogens is 7. The van der Waals surface area contributed by atoms with Crippen molar-refractivity contribution in [2.24, 2.45) is 0 Å². The van der Waals surface area contributed by atoms with Gasteiger partial charge in [-0.25, -0.2) is 24.5 Å². The Bertz CT molecular complexity index is 873. The second kappa shape index (κ2) is 4.77. The number of anilines is 1. The van der Waals surface area contributed by atoms with Crippen LogP contribution in [-0.4, -0.2) is 41.1 Å². The summed E-state index contributed by atoms with van der Waals surface area (Å²) in [5, 5.41) is 8.65. The fourth-order valence-electron chi connectivity index (χ4n) is 2.17. The number of hydrogen-bond donors (Lipinski definition) is 2. The fourth-order valence-corrected chi connectivity index (χ4v) is 2.92. The van der Waals surface area contributed by atoms with Crippen molar-refractivity contribution in [3.05, 3.63) is 29.6 Å². The van der Waals surface area contributed by atoms with Crippen molar-refractivity contribution in [2.45, 2.75) is 13.3 Å². The van der Waals surface area contributed by atoms with Crippen molar-refractivity contribution < 1.29 is 0 Å². The third-order valence-electron chi connectivity index (χ3n) is 3.09. The Hall–Kier alpha value is -2.55. The molecule has 4 heterocycles. The zero-order valence-corrected chi connectivity index (χ0v) is 12.1. The predicted molar refractivity (Wildman–Crippen MR) is 79.5 cm³/mol. The average molecular weight is 300 g/mol. The lowest BCUT2D eigenvalue weighted by Gasteiger charge is -2.04. The van der Waals surface area contributed by atoms with Gasteiger partial charge < -0.3 is 10.3 Å². The van der Waals surface area contributed by atoms with E-state index in [1.807, 2.05) is 17.6 Å². The summed E-state index contributed by atoms with van der Waals surface area (Å²) in [7, 11) is 0. The first-order valence-corrected chi connectivity index (χ1v) is 7.31. The molecule has 4 rings (SSSR count). The molecule has 0 aliphatic carbocycles. The molecule has 0 saturated carbocycles. The molecule has 9 heteroatoms. The highest BCUT2D eigenvalue weighted by Gasteiger charge is 2.07. The van der Waals surface area contributed by atoms with Gasteiger partial charge >= 0.3 is 0 Å². The lowest BCUT2D eigenvalue weighted by atomic mass is 10.3. The summed E-state index contributed by atoms with van der Waals surface area (Å²) >= 11 is 1.59. The minimum atomic E-state index is 0.662. The Morgan fingerprint density at radius 3 is 3.19 bits per heavy atom. The number of aromatic amines is 1. The zero-order valence-electron chi connectivity index (χ0n) is 11.2. The standard InChI is InChI=1S/C12H12N8S/c1-7-19-20-4-8(18-12(20)21-7)2-3-13-10-9-11(15-5-14-9)17-6-16-10/h4-6H,2-3H2,1H3,(H2,13,14,15,16,17). The second-order valence-electron chi connectivity index (χ2n) is 4.58. The highest BCUT2D eigenvalue weighted by molar-refractivity contribution is 7.16. The first-order chi connectivity index (χ1) is 10.3. The number of hydrogen-bond acceptors (Lipinski definition) is 7. The Balaban J connectivity index is 1.47. The van der Waals surface area contributed by atoms with Crippen LogP contribution >= 0.6 is 11.3 Å². The van der Waals surface area contributed by atoms with Crippen LogP contribution in [0.3, 0.4) is 0 Å². The van der Waals surface area contributed by atoms with Gasteiger partial charge in [-0.2, -0.15) is 5.10 Å². The third-order valence-corrected chi connectivity index (χ3v) is 3.93. The summed E-state index contributed by atoms with van der Waals surface area (Å²) < 4.78 is 1.83. The molecule has 106 valence electrons. The number of aryl methyl sites for hydroxylation is 1. The molecule has 0 saturated heterocycles. The van der Waals surface area contributed by atoms with Gasteiger partial charge in [0.25, 0.3) is 0 Å². The quantitative estimate of drug-likeness (QED) is 0.591. The van der Waals surface area contributed by atoms with E-state index in [0.717, 1.165) is 40.0 Å². The Labute approximate surface area is 123 Å². The summed E-state index contributed by atoms with van der Waals surface area (Å²) in [5.41, 5.74) is 2.49. The smallest absolute Gasteiger partial charge is 0.212 e. The zero-order chi connectivity index (χ0) is 14.2. The van der Waals surface area contributed by atoms with Crippen molar-refractivity contribution in [2.75, 3.05) is 11.9 Å². The van der Waals surface area contributed by atoms with E-state index in [4.69, 9.17) is 0 Å². The van der Waals surface area contributed by atoms with Crippen LogP contribution in [0.4, 0.5) is 5.82 Å². The maximum absolute atomic E-state index is 4.54. The van der Waals surface area contributed by atoms with Gasteiger partial charge in [-0.3, -0.25) is 0 Å². The van der Waals surface area contributed by atoms with E-state index in [2.05, 4.69) is 35.3 Å². The third kappa shape index (κ3) is 2.21. The van der Waals surface area contributed by atoms with Gasteiger partial charge in [0.05, 0.1) is 18.2 Å². The van der Waals surface area contributed by atoms with E-state index in [9.17, 15) is 0 Å². The van der Waals surface area contributed by atoms with E-state index in [1.54, 1.807) is 17.7 Å². The Morgan fingerprint density at radius 1 is 1.33 bits per heavy atom. The highest BCUT2D eigenvalue weighted by atomic mass is 32.1. The van der Waals surface area contributed by atoms with E-state index < -0.39 is 0 Å². The van der Waals surface area contributed by atoms with Crippen molar-refractivity contribution in [3.63, 3.8) is 0 Å². The average Bonchev–Trinajstić information content (AvgIpc) is 3.12. The van der Waals surface area contributed by atoms with E-state index in [1.165, 1.54) is 6.33 Å². The van der Waals surface area contributed by atoms with Crippen molar-refractivity contribution >= 4 is 33.3 Å². The van der Waals surface area contributed by atoms with Gasteiger partial charge in [-0.15, -0.1) is 0 Å². The number of H-pyrrole nitrogens is 1. The maximum Gasteiger partial charge on any atom is 0.212 e. The number of rotatable bonds is 4. The Morgan fingerprint density at radius 2 is 2.29 bits per heavy atom. The molecule has 0 radical (unpaired) electrons. The monoisotopic (exact) mass is 300 g/mol. The lowest BCUT2D eigenvalue weighted by molar-refractivity contribution is 0.927. The SMILES string of the molecule is Cc1nn2cc(CCNc3ncnc4nc[nH]c34)nc2s1. The molecule has 0 fully saturated rings. The molecule has 0 unspecified atom stereocenters. The minimum absolute atomic E-state index is 0.662. The van der Waals surface area contributed by atoms with Crippen LogP contribution in [-0.2, 0) is 6.42 Å². The normalized spacial score (nSPS) is 11.5. The fraction of sp³-hybridized carbons (Fsp3) is 0.250. The molecule has 8 nitrogen and oxygen atoms in total. The summed E-state index contributed by atoms with van der Waals surface area (Å²) in [5.74, 6) is 0.757. The van der Waals surface area contributed by atoms with Crippen molar-refractivity contribution in [1.82, 2.24) is 34.5 Å². The van der Waals surface area contributed by atoms with Crippen LogP contribution in [0, 0.1) is 6.92 Å². The molecule has 0 aliphatic rings. The van der Waals surface area contributed by atoms with Crippen LogP contribution in [0.2, 0.25) is 0 Å². The second-order valence-corrected chi connectivity index (χ2v) is 5.74. The topological polar surface area (TPSA) is 96.7 Å². The van der Waals surface area contributed by atoms with Gasteiger partial charge in [0.1, 0.15) is 16.9 Å². The van der Waals surface area contributed by atoms with Gasteiger partial charge in [0.15, 0.2) is 11.5 Å². The maximum atomic E-state index is 4.54. The van der Waals surface area contributed by atoms with Gasteiger partial charge in [-0.05, 0) is 6.92 Å². The molecular weight excluding hydrogens is 288 g/mol. The number of nitrogens with one attached hydrogen (secondary N) is 2. The van der Waals surface area contributed by atoms with Crippen molar-refractivity contribution in [1.29, 1.82) is 0 Å². The van der Waals surface area contributed by atoms with E-state index in [-0.39, 0.29) is 0 Å². The molecule has 0 amide bonds. The predicted octanol–water partition coefficient (Wildman–Crippen LogP) is 1.42. The molecule has 2 N–H and O–H groups in total. The van der Waals surface area contributed by atoms with E-state index in [0.29, 0.717) is 5.65 Å². The van der Waals surface area contributed by atoms with Crippen LogP contribution < -0.4 is 5.32 Å². The molecule has 0 aliphatic heterocycles. The van der Waals surface area contributed by atoms with Crippen LogP contribution in [0.1, 0.15) is 10.7 Å². The summed E-state index contributed by atoms with van der Waals surface area (Å²) in [6.45, 7) is 2.71. The largest absolute Gasteiger partial charge is 0.368 e. The molecule has 0 aromatic carbocycles. The molecule has 21 heavy (non-hydrogen) atoms. The summed E-state index contributed by atoms with van der Waals surface area (Å²) in [6, 6.07) is 0. The molecule has 0 bridgehead atoms. The number of imidazole rings is 2. The van der Waals surface area contributed by atoms with Gasteiger partial charge in [0, 0.05) is 13.0 Å². The summed E-state index contributed by atoms with van der Waals surface area (Å²) in [4.78, 5) is 20.9. The molecule has 0 spiro atoms. The molecule has 4 aromatic heterocycles. The highest BCUT2D eigenvalue weighted by Crippen LogP contribution is 2.15. The Kier molecular flexibility index (Phi) is 2.78. The summed E-state index contributed by atoms with van der Waals surface area (Å²) in [6.07, 6.45) is 5.88. The van der Waals surface area contributed by atoms with Crippen LogP contribution in [0.25, 0.3) is 16.1 Å². The molecule has 0 atom stereocenters. The first-order valence-electron chi connectivity index (χ1n) is 6.49. The molecular formula is C12H12N8S. The first kappa shape index (κ1) is 12.2.